The monoisotopic (exact) mass is 246 g/mol. The van der Waals surface area contributed by atoms with Crippen LogP contribution in [0.1, 0.15) is 29.3 Å². The second-order valence-electron chi connectivity index (χ2n) is 3.64. The highest BCUT2D eigenvalue weighted by Crippen LogP contribution is 2.13. The molecule has 0 fully saturated rings. The van der Waals surface area contributed by atoms with Crippen molar-refractivity contribution < 1.29 is 14.7 Å². The fourth-order valence-electron chi connectivity index (χ4n) is 1.30. The number of aromatic carboxylic acids is 1. The van der Waals surface area contributed by atoms with Gasteiger partial charge in [-0.2, -0.15) is 0 Å². The molecule has 0 aliphatic heterocycles. The zero-order chi connectivity index (χ0) is 13.5. The minimum absolute atomic E-state index is 0.0683. The van der Waals surface area contributed by atoms with Gasteiger partial charge in [-0.15, -0.1) is 0 Å². The molecule has 4 N–H and O–H groups in total. The normalized spacial score (nSPS) is 9.17. The van der Waals surface area contributed by atoms with Crippen molar-refractivity contribution in [2.45, 2.75) is 13.3 Å². The predicted molar refractivity (Wildman–Crippen MR) is 68.0 cm³/mol. The molecule has 1 rings (SSSR count). The third-order valence-corrected chi connectivity index (χ3v) is 2.14. The van der Waals surface area contributed by atoms with Crippen LogP contribution in [0, 0.1) is 11.8 Å². The van der Waals surface area contributed by atoms with Crippen molar-refractivity contribution >= 4 is 17.6 Å². The van der Waals surface area contributed by atoms with Gasteiger partial charge in [0, 0.05) is 31.1 Å². The quantitative estimate of drug-likeness (QED) is 0.418. The highest BCUT2D eigenvalue weighted by Gasteiger charge is 2.06. The summed E-state index contributed by atoms with van der Waals surface area (Å²) in [4.78, 5) is 21.3. The number of anilines is 1. The number of amides is 1. The van der Waals surface area contributed by atoms with E-state index in [9.17, 15) is 9.59 Å². The molecule has 1 aromatic rings. The first-order valence-electron chi connectivity index (χ1n) is 5.37. The molecule has 0 radical (unpaired) electrons. The summed E-state index contributed by atoms with van der Waals surface area (Å²) in [6.07, 6.45) is 0.528. The number of nitrogen functional groups attached to an aromatic ring is 1. The molecular weight excluding hydrogens is 232 g/mol. The van der Waals surface area contributed by atoms with Gasteiger partial charge < -0.3 is 16.2 Å². The Morgan fingerprint density at radius 3 is 2.72 bits per heavy atom. The van der Waals surface area contributed by atoms with Crippen LogP contribution in [0.5, 0.6) is 0 Å². The zero-order valence-corrected chi connectivity index (χ0v) is 9.99. The number of rotatable bonds is 3. The average molecular weight is 246 g/mol. The molecule has 0 spiro atoms. The fourth-order valence-corrected chi connectivity index (χ4v) is 1.30. The molecule has 5 nitrogen and oxygen atoms in total. The molecular formula is C13H14N2O3. The lowest BCUT2D eigenvalue weighted by atomic mass is 10.1. The lowest BCUT2D eigenvalue weighted by Gasteiger charge is -2.00. The number of nitrogens with two attached hydrogens (primary N) is 1. The van der Waals surface area contributed by atoms with E-state index in [4.69, 9.17) is 10.8 Å². The minimum atomic E-state index is -1.06. The Balaban J connectivity index is 2.64. The fraction of sp³-hybridized carbons (Fsp3) is 0.231. The second kappa shape index (κ2) is 6.30. The van der Waals surface area contributed by atoms with Crippen LogP contribution in [-0.4, -0.2) is 23.5 Å². The molecule has 0 bridgehead atoms. The third kappa shape index (κ3) is 4.18. The largest absolute Gasteiger partial charge is 0.478 e. The molecule has 0 aliphatic carbocycles. The molecule has 0 heterocycles. The number of carboxylic acid groups (broad SMARTS) is 1. The topological polar surface area (TPSA) is 92.4 Å². The first kappa shape index (κ1) is 13.6. The SMILES string of the molecule is CC(=O)NCCC#Cc1ccc(C(=O)O)c(N)c1. The molecule has 18 heavy (non-hydrogen) atoms. The maximum absolute atomic E-state index is 10.7. The summed E-state index contributed by atoms with van der Waals surface area (Å²) in [5.41, 5.74) is 6.50. The summed E-state index contributed by atoms with van der Waals surface area (Å²) < 4.78 is 0. The van der Waals surface area contributed by atoms with Crippen molar-refractivity contribution in [3.8, 4) is 11.8 Å². The van der Waals surface area contributed by atoms with Crippen LogP contribution in [-0.2, 0) is 4.79 Å². The highest BCUT2D eigenvalue weighted by molar-refractivity contribution is 5.93. The molecule has 5 heteroatoms. The molecule has 1 aromatic carbocycles. The molecule has 0 unspecified atom stereocenters. The molecule has 1 amide bonds. The molecule has 0 saturated heterocycles. The summed E-state index contributed by atoms with van der Waals surface area (Å²) >= 11 is 0. The zero-order valence-electron chi connectivity index (χ0n) is 9.99. The number of hydrogen-bond donors (Lipinski definition) is 3. The molecule has 0 aliphatic rings. The Kier molecular flexibility index (Phi) is 4.76. The number of hydrogen-bond acceptors (Lipinski definition) is 3. The van der Waals surface area contributed by atoms with Crippen molar-refractivity contribution in [1.82, 2.24) is 5.32 Å². The lowest BCUT2D eigenvalue weighted by molar-refractivity contribution is -0.118. The maximum atomic E-state index is 10.7. The molecule has 94 valence electrons. The van der Waals surface area contributed by atoms with Gasteiger partial charge in [0.05, 0.1) is 5.56 Å². The Hall–Kier alpha value is -2.48. The van der Waals surface area contributed by atoms with Crippen LogP contribution in [0.2, 0.25) is 0 Å². The molecule has 0 atom stereocenters. The molecule has 0 aromatic heterocycles. The first-order chi connectivity index (χ1) is 8.50. The summed E-state index contributed by atoms with van der Waals surface area (Å²) in [5.74, 6) is 4.57. The van der Waals surface area contributed by atoms with Crippen LogP contribution in [0.15, 0.2) is 18.2 Å². The summed E-state index contributed by atoms with van der Waals surface area (Å²) in [6, 6.07) is 4.55. The van der Waals surface area contributed by atoms with Gasteiger partial charge in [-0.25, -0.2) is 4.79 Å². The van der Waals surface area contributed by atoms with Crippen molar-refractivity contribution in [1.29, 1.82) is 0 Å². The van der Waals surface area contributed by atoms with Crippen molar-refractivity contribution in [3.05, 3.63) is 29.3 Å². The Morgan fingerprint density at radius 2 is 2.17 bits per heavy atom. The summed E-state index contributed by atoms with van der Waals surface area (Å²) in [7, 11) is 0. The Morgan fingerprint density at radius 1 is 1.44 bits per heavy atom. The van der Waals surface area contributed by atoms with Gasteiger partial charge >= 0.3 is 5.97 Å². The third-order valence-electron chi connectivity index (χ3n) is 2.14. The highest BCUT2D eigenvalue weighted by atomic mass is 16.4. The summed E-state index contributed by atoms with van der Waals surface area (Å²) in [5, 5.41) is 11.4. The number of carbonyl (C=O) groups excluding carboxylic acids is 1. The number of carboxylic acids is 1. The van der Waals surface area contributed by atoms with E-state index in [0.717, 1.165) is 0 Å². The lowest BCUT2D eigenvalue weighted by Crippen LogP contribution is -2.20. The van der Waals surface area contributed by atoms with Gasteiger partial charge in [0.2, 0.25) is 5.91 Å². The maximum Gasteiger partial charge on any atom is 0.337 e. The van der Waals surface area contributed by atoms with E-state index in [1.807, 2.05) is 0 Å². The van der Waals surface area contributed by atoms with Crippen molar-refractivity contribution in [2.24, 2.45) is 0 Å². The Bertz CT molecular complexity index is 527. The number of nitrogens with one attached hydrogen (secondary N) is 1. The van der Waals surface area contributed by atoms with Crippen molar-refractivity contribution in [2.75, 3.05) is 12.3 Å². The van der Waals surface area contributed by atoms with Gasteiger partial charge in [0.1, 0.15) is 0 Å². The van der Waals surface area contributed by atoms with Gasteiger partial charge in [0.15, 0.2) is 0 Å². The van der Waals surface area contributed by atoms with Gasteiger partial charge in [-0.1, -0.05) is 11.8 Å². The van der Waals surface area contributed by atoms with Crippen LogP contribution in [0.3, 0.4) is 0 Å². The molecule has 0 saturated carbocycles. The number of carbonyl (C=O) groups is 2. The van der Waals surface area contributed by atoms with Gasteiger partial charge in [-0.3, -0.25) is 4.79 Å². The average Bonchev–Trinajstić information content (AvgIpc) is 2.27. The van der Waals surface area contributed by atoms with Gasteiger partial charge in [0.25, 0.3) is 0 Å². The van der Waals surface area contributed by atoms with E-state index < -0.39 is 5.97 Å². The van der Waals surface area contributed by atoms with Crippen LogP contribution < -0.4 is 11.1 Å². The second-order valence-corrected chi connectivity index (χ2v) is 3.64. The Labute approximate surface area is 105 Å². The predicted octanol–water partition coefficient (Wildman–Crippen LogP) is 0.845. The first-order valence-corrected chi connectivity index (χ1v) is 5.37. The van der Waals surface area contributed by atoms with E-state index in [-0.39, 0.29) is 17.2 Å². The van der Waals surface area contributed by atoms with E-state index >= 15 is 0 Å². The van der Waals surface area contributed by atoms with Crippen LogP contribution in [0.25, 0.3) is 0 Å². The standard InChI is InChI=1S/C13H14N2O3/c1-9(16)15-7-3-2-4-10-5-6-11(13(17)18)12(14)8-10/h5-6,8H,3,7,14H2,1H3,(H,15,16)(H,17,18). The van der Waals surface area contributed by atoms with Crippen LogP contribution >= 0.6 is 0 Å². The van der Waals surface area contributed by atoms with E-state index in [2.05, 4.69) is 17.2 Å². The van der Waals surface area contributed by atoms with Crippen molar-refractivity contribution in [3.63, 3.8) is 0 Å². The smallest absolute Gasteiger partial charge is 0.337 e. The van der Waals surface area contributed by atoms with E-state index in [1.54, 1.807) is 6.07 Å². The van der Waals surface area contributed by atoms with Crippen LogP contribution in [0.4, 0.5) is 5.69 Å². The van der Waals surface area contributed by atoms with Gasteiger partial charge in [-0.05, 0) is 18.2 Å². The number of benzene rings is 1. The van der Waals surface area contributed by atoms with E-state index in [0.29, 0.717) is 18.5 Å². The minimum Gasteiger partial charge on any atom is -0.478 e. The summed E-state index contributed by atoms with van der Waals surface area (Å²) in [6.45, 7) is 1.93. The van der Waals surface area contributed by atoms with E-state index in [1.165, 1.54) is 19.1 Å².